The van der Waals surface area contributed by atoms with Crippen LogP contribution in [-0.4, -0.2) is 36.6 Å². The van der Waals surface area contributed by atoms with E-state index in [1.165, 1.54) is 4.90 Å². The van der Waals surface area contributed by atoms with Crippen LogP contribution in [0.4, 0.5) is 4.39 Å². The first-order valence-electron chi connectivity index (χ1n) is 3.86. The Morgan fingerprint density at radius 1 is 1.73 bits per heavy atom. The van der Waals surface area contributed by atoms with Gasteiger partial charge in [-0.1, -0.05) is 0 Å². The Hall–Kier alpha value is -0.640. The van der Waals surface area contributed by atoms with Crippen molar-refractivity contribution in [3.63, 3.8) is 0 Å². The zero-order valence-electron chi connectivity index (χ0n) is 6.42. The summed E-state index contributed by atoms with van der Waals surface area (Å²) in [6, 6.07) is 0. The SMILES string of the molecule is NCC(=O)N1CCC[C@@H](F)C1. The van der Waals surface area contributed by atoms with Crippen LogP contribution in [0, 0.1) is 0 Å². The van der Waals surface area contributed by atoms with E-state index in [-0.39, 0.29) is 19.0 Å². The van der Waals surface area contributed by atoms with Gasteiger partial charge >= 0.3 is 0 Å². The van der Waals surface area contributed by atoms with Crippen molar-refractivity contribution < 1.29 is 9.18 Å². The zero-order chi connectivity index (χ0) is 8.27. The third kappa shape index (κ3) is 2.15. The molecule has 1 aliphatic heterocycles. The van der Waals surface area contributed by atoms with Crippen LogP contribution in [0.1, 0.15) is 12.8 Å². The van der Waals surface area contributed by atoms with E-state index in [9.17, 15) is 9.18 Å². The Morgan fingerprint density at radius 3 is 3.00 bits per heavy atom. The predicted molar refractivity (Wildman–Crippen MR) is 39.8 cm³/mol. The smallest absolute Gasteiger partial charge is 0.236 e. The highest BCUT2D eigenvalue weighted by Gasteiger charge is 2.21. The van der Waals surface area contributed by atoms with Gasteiger partial charge in [0, 0.05) is 6.54 Å². The summed E-state index contributed by atoms with van der Waals surface area (Å²) in [5.74, 6) is -0.146. The first-order valence-corrected chi connectivity index (χ1v) is 3.86. The second-order valence-corrected chi connectivity index (χ2v) is 2.78. The van der Waals surface area contributed by atoms with E-state index in [2.05, 4.69) is 0 Å². The molecule has 0 aromatic carbocycles. The van der Waals surface area contributed by atoms with Crippen molar-refractivity contribution in [2.75, 3.05) is 19.6 Å². The van der Waals surface area contributed by atoms with Crippen LogP contribution in [0.5, 0.6) is 0 Å². The molecule has 1 saturated heterocycles. The molecular weight excluding hydrogens is 147 g/mol. The summed E-state index contributed by atoms with van der Waals surface area (Å²) >= 11 is 0. The monoisotopic (exact) mass is 160 g/mol. The summed E-state index contributed by atoms with van der Waals surface area (Å²) in [5, 5.41) is 0. The molecule has 2 N–H and O–H groups in total. The third-order valence-electron chi connectivity index (χ3n) is 1.89. The maximum atomic E-state index is 12.7. The summed E-state index contributed by atoms with van der Waals surface area (Å²) in [6.45, 7) is 0.888. The highest BCUT2D eigenvalue weighted by atomic mass is 19.1. The van der Waals surface area contributed by atoms with Crippen molar-refractivity contribution >= 4 is 5.91 Å². The van der Waals surface area contributed by atoms with Crippen molar-refractivity contribution in [2.24, 2.45) is 5.73 Å². The first-order chi connectivity index (χ1) is 5.24. The van der Waals surface area contributed by atoms with E-state index < -0.39 is 6.17 Å². The Kier molecular flexibility index (Phi) is 2.82. The highest BCUT2D eigenvalue weighted by Crippen LogP contribution is 2.12. The van der Waals surface area contributed by atoms with Crippen LogP contribution in [0.3, 0.4) is 0 Å². The van der Waals surface area contributed by atoms with Gasteiger partial charge in [-0.2, -0.15) is 0 Å². The average Bonchev–Trinajstić information content (AvgIpc) is 2.03. The molecule has 0 spiro atoms. The lowest BCUT2D eigenvalue weighted by atomic mass is 10.1. The van der Waals surface area contributed by atoms with Gasteiger partial charge in [0.15, 0.2) is 0 Å². The van der Waals surface area contributed by atoms with E-state index in [0.29, 0.717) is 13.0 Å². The standard InChI is InChI=1S/C7H13FN2O/c8-6-2-1-3-10(5-6)7(11)4-9/h6H,1-5,9H2/t6-/m1/s1. The molecule has 1 atom stereocenters. The van der Waals surface area contributed by atoms with Crippen molar-refractivity contribution in [3.8, 4) is 0 Å². The van der Waals surface area contributed by atoms with E-state index in [4.69, 9.17) is 5.73 Å². The number of amides is 1. The van der Waals surface area contributed by atoms with Gasteiger partial charge in [0.2, 0.25) is 5.91 Å². The molecule has 0 aliphatic carbocycles. The number of piperidine rings is 1. The van der Waals surface area contributed by atoms with Gasteiger partial charge < -0.3 is 10.6 Å². The number of hydrogen-bond donors (Lipinski definition) is 1. The first kappa shape index (κ1) is 8.46. The normalized spacial score (nSPS) is 25.3. The van der Waals surface area contributed by atoms with Crippen LogP contribution in [0.2, 0.25) is 0 Å². The Morgan fingerprint density at radius 2 is 2.45 bits per heavy atom. The summed E-state index contributed by atoms with van der Waals surface area (Å²) in [4.78, 5) is 12.4. The third-order valence-corrected chi connectivity index (χ3v) is 1.89. The Bertz CT molecular complexity index is 151. The van der Waals surface area contributed by atoms with Gasteiger partial charge in [-0.05, 0) is 12.8 Å². The lowest BCUT2D eigenvalue weighted by Gasteiger charge is -2.28. The van der Waals surface area contributed by atoms with Crippen LogP contribution >= 0.6 is 0 Å². The molecule has 11 heavy (non-hydrogen) atoms. The number of hydrogen-bond acceptors (Lipinski definition) is 2. The van der Waals surface area contributed by atoms with Gasteiger partial charge in [0.05, 0.1) is 13.1 Å². The van der Waals surface area contributed by atoms with Crippen molar-refractivity contribution in [2.45, 2.75) is 19.0 Å². The van der Waals surface area contributed by atoms with E-state index in [0.717, 1.165) is 6.42 Å². The molecule has 0 radical (unpaired) electrons. The van der Waals surface area contributed by atoms with E-state index in [1.807, 2.05) is 0 Å². The van der Waals surface area contributed by atoms with Gasteiger partial charge in [-0.25, -0.2) is 4.39 Å². The Labute approximate surface area is 65.3 Å². The fourth-order valence-electron chi connectivity index (χ4n) is 1.28. The second-order valence-electron chi connectivity index (χ2n) is 2.78. The van der Waals surface area contributed by atoms with Crippen molar-refractivity contribution in [3.05, 3.63) is 0 Å². The van der Waals surface area contributed by atoms with E-state index >= 15 is 0 Å². The molecule has 64 valence electrons. The quantitative estimate of drug-likeness (QED) is 0.582. The summed E-state index contributed by atoms with van der Waals surface area (Å²) in [7, 11) is 0. The van der Waals surface area contributed by atoms with E-state index in [1.54, 1.807) is 0 Å². The predicted octanol–water partition coefficient (Wildman–Crippen LogP) is -0.0944. The van der Waals surface area contributed by atoms with Gasteiger partial charge in [-0.15, -0.1) is 0 Å². The molecule has 0 saturated carbocycles. The zero-order valence-corrected chi connectivity index (χ0v) is 6.42. The molecule has 0 bridgehead atoms. The lowest BCUT2D eigenvalue weighted by Crippen LogP contribution is -2.43. The van der Waals surface area contributed by atoms with Gasteiger partial charge in [0.1, 0.15) is 6.17 Å². The van der Waals surface area contributed by atoms with Crippen LogP contribution in [0.15, 0.2) is 0 Å². The number of rotatable bonds is 1. The molecule has 1 amide bonds. The molecule has 1 aliphatic rings. The molecule has 4 heteroatoms. The minimum atomic E-state index is -0.848. The fourth-order valence-corrected chi connectivity index (χ4v) is 1.28. The number of nitrogens with two attached hydrogens (primary N) is 1. The molecule has 3 nitrogen and oxygen atoms in total. The summed E-state index contributed by atoms with van der Waals surface area (Å²) in [6.07, 6.45) is 0.487. The molecule has 0 aromatic rings. The van der Waals surface area contributed by atoms with Gasteiger partial charge in [-0.3, -0.25) is 4.79 Å². The average molecular weight is 160 g/mol. The Balaban J connectivity index is 2.39. The summed E-state index contributed by atoms with van der Waals surface area (Å²) < 4.78 is 12.7. The highest BCUT2D eigenvalue weighted by molar-refractivity contribution is 5.78. The van der Waals surface area contributed by atoms with Crippen molar-refractivity contribution in [1.29, 1.82) is 0 Å². The molecule has 0 unspecified atom stereocenters. The fraction of sp³-hybridized carbons (Fsp3) is 0.857. The second kappa shape index (κ2) is 3.67. The minimum Gasteiger partial charge on any atom is -0.339 e. The number of nitrogens with zero attached hydrogens (tertiary/aromatic N) is 1. The number of carbonyl (C=O) groups is 1. The van der Waals surface area contributed by atoms with Crippen LogP contribution in [0.25, 0.3) is 0 Å². The van der Waals surface area contributed by atoms with Crippen LogP contribution in [-0.2, 0) is 4.79 Å². The van der Waals surface area contributed by atoms with Crippen LogP contribution < -0.4 is 5.73 Å². The largest absolute Gasteiger partial charge is 0.339 e. The lowest BCUT2D eigenvalue weighted by molar-refractivity contribution is -0.131. The molecule has 1 fully saturated rings. The maximum Gasteiger partial charge on any atom is 0.236 e. The topological polar surface area (TPSA) is 46.3 Å². The van der Waals surface area contributed by atoms with Crippen molar-refractivity contribution in [1.82, 2.24) is 4.90 Å². The number of halogens is 1. The number of alkyl halides is 1. The molecular formula is C7H13FN2O. The number of carbonyl (C=O) groups excluding carboxylic acids is 1. The number of likely N-dealkylation sites (tertiary alicyclic amines) is 1. The summed E-state index contributed by atoms with van der Waals surface area (Å²) in [5.41, 5.74) is 5.13. The molecule has 0 aromatic heterocycles. The molecule has 1 heterocycles. The maximum absolute atomic E-state index is 12.7. The van der Waals surface area contributed by atoms with Gasteiger partial charge in [0.25, 0.3) is 0 Å². The molecule has 1 rings (SSSR count). The minimum absolute atomic E-state index is 0.00722.